The van der Waals surface area contributed by atoms with E-state index >= 15 is 0 Å². The van der Waals surface area contributed by atoms with Crippen molar-refractivity contribution in [2.24, 2.45) is 11.8 Å². The van der Waals surface area contributed by atoms with Gasteiger partial charge in [-0.05, 0) is 66.8 Å². The fourth-order valence-electron chi connectivity index (χ4n) is 5.29. The Bertz CT molecular complexity index is 814. The van der Waals surface area contributed by atoms with E-state index < -0.39 is 11.7 Å². The Hall–Kier alpha value is -2.05. The molecule has 0 aromatic heterocycles. The van der Waals surface area contributed by atoms with Gasteiger partial charge in [-0.1, -0.05) is 58.7 Å². The van der Waals surface area contributed by atoms with Crippen LogP contribution >= 0.6 is 0 Å². The topological polar surface area (TPSA) is 27.3 Å². The van der Waals surface area contributed by atoms with Gasteiger partial charge in [-0.15, -0.1) is 0 Å². The molecule has 1 saturated carbocycles. The van der Waals surface area contributed by atoms with Crippen molar-refractivity contribution < 1.29 is 13.2 Å². The highest BCUT2D eigenvalue weighted by molar-refractivity contribution is 5.41. The van der Waals surface area contributed by atoms with E-state index in [2.05, 4.69) is 35.7 Å². The molecule has 2 fully saturated rings. The average Bonchev–Trinajstić information content (AvgIpc) is 3.37. The average molecular weight is 480 g/mol. The molecule has 2 N–H and O–H groups in total. The Balaban J connectivity index is 0.000000336. The van der Waals surface area contributed by atoms with Crippen LogP contribution in [0.4, 0.5) is 13.2 Å². The first-order chi connectivity index (χ1) is 15.7. The zero-order valence-electron chi connectivity index (χ0n) is 20.6. The molecule has 3 aliphatic rings. The van der Waals surface area contributed by atoms with E-state index in [4.69, 9.17) is 0 Å². The summed E-state index contributed by atoms with van der Waals surface area (Å²) in [4.78, 5) is 2.29. The van der Waals surface area contributed by atoms with Crippen LogP contribution in [-0.4, -0.2) is 45.2 Å². The number of alkyl halides is 3. The van der Waals surface area contributed by atoms with E-state index in [0.29, 0.717) is 17.4 Å². The first-order valence-electron chi connectivity index (χ1n) is 12.0. The molecule has 2 atom stereocenters. The molecule has 0 amide bonds. The summed E-state index contributed by atoms with van der Waals surface area (Å²) >= 11 is 0. The van der Waals surface area contributed by atoms with Gasteiger partial charge in [0, 0.05) is 38.9 Å². The maximum Gasteiger partial charge on any atom is 0.416 e. The predicted octanol–water partition coefficient (Wildman–Crippen LogP) is 6.62. The highest BCUT2D eigenvalue weighted by Gasteiger charge is 2.43. The second kappa shape index (κ2) is 13.7. The summed E-state index contributed by atoms with van der Waals surface area (Å²) in [6.07, 6.45) is 0.438. The van der Waals surface area contributed by atoms with Crippen molar-refractivity contribution in [3.8, 4) is 0 Å². The van der Waals surface area contributed by atoms with Crippen molar-refractivity contribution in [2.45, 2.75) is 52.6 Å². The van der Waals surface area contributed by atoms with Crippen LogP contribution in [0.15, 0.2) is 60.3 Å². The van der Waals surface area contributed by atoms with Gasteiger partial charge in [-0.3, -0.25) is 0 Å². The van der Waals surface area contributed by atoms with Gasteiger partial charge in [0.15, 0.2) is 0 Å². The van der Waals surface area contributed by atoms with E-state index in [1.54, 1.807) is 18.2 Å². The fourth-order valence-corrected chi connectivity index (χ4v) is 5.29. The van der Waals surface area contributed by atoms with Crippen molar-refractivity contribution in [3.63, 3.8) is 0 Å². The molecule has 4 rings (SSSR count). The molecule has 0 spiro atoms. The molecule has 1 saturated heterocycles. The second-order valence-electron chi connectivity index (χ2n) is 8.86. The van der Waals surface area contributed by atoms with Gasteiger partial charge in [0.2, 0.25) is 0 Å². The van der Waals surface area contributed by atoms with Gasteiger partial charge in [0.1, 0.15) is 0 Å². The minimum absolute atomic E-state index is 0. The lowest BCUT2D eigenvalue weighted by atomic mass is 9.91. The summed E-state index contributed by atoms with van der Waals surface area (Å²) in [7, 11) is 4.05. The number of hydrogen-bond acceptors (Lipinski definition) is 3. The van der Waals surface area contributed by atoms with Crippen LogP contribution in [0.25, 0.3) is 0 Å². The molecule has 0 bridgehead atoms. The number of nitrogens with one attached hydrogen (secondary N) is 2. The molecule has 34 heavy (non-hydrogen) atoms. The summed E-state index contributed by atoms with van der Waals surface area (Å²) < 4.78 is 39.1. The molecule has 1 aliphatic carbocycles. The SMILES string of the molecule is C.C=CC(=C)C1=C(NC)CCNC1.CC.CN1CC2CC(c3ccccc3C(F)(F)F)CC2C1. The van der Waals surface area contributed by atoms with Crippen LogP contribution in [0.5, 0.6) is 0 Å². The first kappa shape index (κ1) is 30.0. The van der Waals surface area contributed by atoms with Crippen molar-refractivity contribution >= 4 is 0 Å². The van der Waals surface area contributed by atoms with Crippen molar-refractivity contribution in [1.29, 1.82) is 0 Å². The third kappa shape index (κ3) is 7.47. The monoisotopic (exact) mass is 479 g/mol. The number of hydrogen-bond donors (Lipinski definition) is 2. The highest BCUT2D eigenvalue weighted by Crippen LogP contribution is 2.48. The molecular formula is C28H44F3N3. The zero-order valence-corrected chi connectivity index (χ0v) is 20.6. The summed E-state index contributed by atoms with van der Waals surface area (Å²) in [6, 6.07) is 6.09. The van der Waals surface area contributed by atoms with Gasteiger partial charge in [-0.25, -0.2) is 0 Å². The maximum atomic E-state index is 13.0. The fraction of sp³-hybridized carbons (Fsp3) is 0.571. The molecule has 1 aromatic rings. The van der Waals surface area contributed by atoms with Crippen LogP contribution in [0.3, 0.4) is 0 Å². The molecule has 192 valence electrons. The van der Waals surface area contributed by atoms with Crippen LogP contribution in [0, 0.1) is 11.8 Å². The number of fused-ring (bicyclic) bond motifs is 1. The Morgan fingerprint density at radius 2 is 1.74 bits per heavy atom. The minimum Gasteiger partial charge on any atom is -0.391 e. The molecule has 6 heteroatoms. The second-order valence-corrected chi connectivity index (χ2v) is 8.86. The zero-order chi connectivity index (χ0) is 24.6. The van der Waals surface area contributed by atoms with Crippen LogP contribution < -0.4 is 10.6 Å². The Labute approximate surface area is 205 Å². The van der Waals surface area contributed by atoms with Gasteiger partial charge in [0.05, 0.1) is 5.56 Å². The van der Waals surface area contributed by atoms with E-state index in [1.807, 2.05) is 20.9 Å². The minimum atomic E-state index is -4.23. The van der Waals surface area contributed by atoms with E-state index in [9.17, 15) is 13.2 Å². The van der Waals surface area contributed by atoms with Gasteiger partial charge >= 0.3 is 6.18 Å². The van der Waals surface area contributed by atoms with E-state index in [1.165, 1.54) is 23.4 Å². The van der Waals surface area contributed by atoms with Crippen molar-refractivity contribution in [2.75, 3.05) is 40.3 Å². The molecule has 2 heterocycles. The van der Waals surface area contributed by atoms with Crippen LogP contribution in [0.2, 0.25) is 0 Å². The number of nitrogens with zero attached hydrogens (tertiary/aromatic N) is 1. The predicted molar refractivity (Wildman–Crippen MR) is 139 cm³/mol. The summed E-state index contributed by atoms with van der Waals surface area (Å²) in [5.41, 5.74) is 3.64. The standard InChI is InChI=1S/C15H18F3N.C10H16N2.C2H6.CH4/c1-19-8-11-6-10(7-12(11)9-19)13-4-2-3-5-14(13)15(16,17)18;1-4-8(2)9-7-12-6-5-10(9)11-3;1-2;/h2-5,10-12H,6-9H2,1H3;4,11-12H,1-2,5-7H2,3H3;1-2H3;1H4. The normalized spacial score (nSPS) is 24.0. The number of rotatable bonds is 4. The Kier molecular flexibility index (Phi) is 12.1. The molecule has 2 aliphatic heterocycles. The quantitative estimate of drug-likeness (QED) is 0.475. The summed E-state index contributed by atoms with van der Waals surface area (Å²) in [5.74, 6) is 1.24. The summed E-state index contributed by atoms with van der Waals surface area (Å²) in [5, 5.41) is 6.51. The first-order valence-corrected chi connectivity index (χ1v) is 12.0. The third-order valence-corrected chi connectivity index (χ3v) is 6.79. The van der Waals surface area contributed by atoms with Crippen molar-refractivity contribution in [3.05, 3.63) is 71.5 Å². The summed E-state index contributed by atoms with van der Waals surface area (Å²) in [6.45, 7) is 15.7. The van der Waals surface area contributed by atoms with Crippen LogP contribution in [0.1, 0.15) is 57.6 Å². The number of allylic oxidation sites excluding steroid dienone is 1. The lowest BCUT2D eigenvalue weighted by Gasteiger charge is -2.21. The number of halogens is 3. The number of likely N-dealkylation sites (tertiary alicyclic amines) is 1. The molecule has 2 unspecified atom stereocenters. The van der Waals surface area contributed by atoms with Crippen molar-refractivity contribution in [1.82, 2.24) is 15.5 Å². The molecule has 0 radical (unpaired) electrons. The molecule has 1 aromatic carbocycles. The van der Waals surface area contributed by atoms with E-state index in [0.717, 1.165) is 51.0 Å². The maximum absolute atomic E-state index is 13.0. The number of benzene rings is 1. The third-order valence-electron chi connectivity index (χ3n) is 6.79. The largest absolute Gasteiger partial charge is 0.416 e. The smallest absolute Gasteiger partial charge is 0.391 e. The molecular weight excluding hydrogens is 435 g/mol. The van der Waals surface area contributed by atoms with Gasteiger partial charge < -0.3 is 15.5 Å². The highest BCUT2D eigenvalue weighted by atomic mass is 19.4. The van der Waals surface area contributed by atoms with E-state index in [-0.39, 0.29) is 13.3 Å². The van der Waals surface area contributed by atoms with Crippen LogP contribution in [-0.2, 0) is 6.18 Å². The Morgan fingerprint density at radius 3 is 2.26 bits per heavy atom. The van der Waals surface area contributed by atoms with Gasteiger partial charge in [0.25, 0.3) is 0 Å². The Morgan fingerprint density at radius 1 is 1.15 bits per heavy atom. The van der Waals surface area contributed by atoms with Gasteiger partial charge in [-0.2, -0.15) is 13.2 Å². The lowest BCUT2D eigenvalue weighted by molar-refractivity contribution is -0.138. The lowest BCUT2D eigenvalue weighted by Crippen LogP contribution is -2.29. The molecule has 3 nitrogen and oxygen atoms in total.